The molecule has 0 saturated carbocycles. The largest absolute Gasteiger partial charge is 0.394 e. The summed E-state index contributed by atoms with van der Waals surface area (Å²) in [6, 6.07) is -1.02. The molecule has 0 aromatic carbocycles. The summed E-state index contributed by atoms with van der Waals surface area (Å²) >= 11 is 0. The van der Waals surface area contributed by atoms with Crippen LogP contribution in [0.1, 0.15) is 129 Å². The van der Waals surface area contributed by atoms with Gasteiger partial charge in [-0.25, -0.2) is 0 Å². The number of hydrogen-bond donors (Lipinski definition) is 12. The van der Waals surface area contributed by atoms with Gasteiger partial charge in [-0.3, -0.25) is 4.79 Å². The lowest BCUT2D eigenvalue weighted by Crippen LogP contribution is -2.66. The van der Waals surface area contributed by atoms with Crippen molar-refractivity contribution in [3.8, 4) is 0 Å². The van der Waals surface area contributed by atoms with E-state index in [9.17, 15) is 61.0 Å². The molecule has 480 valence electrons. The van der Waals surface area contributed by atoms with E-state index in [0.29, 0.717) is 12.8 Å². The predicted octanol–water partition coefficient (Wildman–Crippen LogP) is 6.03. The second-order valence-electron chi connectivity index (χ2n) is 21.1. The molecule has 0 aromatic heterocycles. The van der Waals surface area contributed by atoms with Crippen LogP contribution in [-0.2, 0) is 33.2 Å². The van der Waals surface area contributed by atoms with E-state index in [-0.39, 0.29) is 12.3 Å². The van der Waals surface area contributed by atoms with E-state index in [2.05, 4.69) is 153 Å². The molecule has 3 saturated heterocycles. The molecule has 3 aliphatic heterocycles. The lowest BCUT2D eigenvalue weighted by Gasteiger charge is -2.48. The Morgan fingerprint density at radius 3 is 1.26 bits per heavy atom. The van der Waals surface area contributed by atoms with Gasteiger partial charge in [-0.2, -0.15) is 0 Å². The van der Waals surface area contributed by atoms with E-state index in [0.717, 1.165) is 96.3 Å². The Bertz CT molecular complexity index is 2110. The molecule has 17 atom stereocenters. The zero-order valence-corrected chi connectivity index (χ0v) is 50.0. The van der Waals surface area contributed by atoms with Gasteiger partial charge in [0.15, 0.2) is 18.9 Å². The third-order valence-electron chi connectivity index (χ3n) is 14.1. The standard InChI is InChI=1S/C66H103NO18/c1-3-5-7-9-11-12-13-14-15-16-17-18-19-20-21-22-23-24-25-26-27-28-29-30-31-32-33-34-35-36-38-40-42-44-54(72)67-49(50(71)43-41-39-37-10-8-6-4-2)48-80-64-60(78)57(75)62(52(46-69)82-64)85-66-61(79)58(76)63(53(47-70)83-66)84-65-59(77)56(74)55(73)51(45-68)81-65/h5,7-8,10-12,14-15,17-18,20-21,23-24,26-27,29-30,32-33,35-36,41,43,49-53,55-66,68-71,73-79H,3-4,6,9,13,16,19,22,25,28,31,34,37-40,42,44-48H2,1-2H3,(H,67,72)/b7-5-,10-8+,12-11-,15-14-,18-17-,21-20-,24-23-,27-26-,30-29-,33-32-,36-35-,43-41+. The average molecular weight is 1200 g/mol. The first-order chi connectivity index (χ1) is 41.3. The lowest BCUT2D eigenvalue weighted by molar-refractivity contribution is -0.379. The van der Waals surface area contributed by atoms with Crippen molar-refractivity contribution in [3.05, 3.63) is 146 Å². The van der Waals surface area contributed by atoms with Gasteiger partial charge in [-0.15, -0.1) is 0 Å². The van der Waals surface area contributed by atoms with Crippen molar-refractivity contribution in [2.24, 2.45) is 0 Å². The van der Waals surface area contributed by atoms with Crippen LogP contribution in [-0.4, -0.2) is 193 Å². The molecule has 0 spiro atoms. The number of amides is 1. The number of aliphatic hydroxyl groups is 11. The molecule has 3 aliphatic rings. The Hall–Kier alpha value is -4.33. The Labute approximate surface area is 504 Å². The van der Waals surface area contributed by atoms with Gasteiger partial charge in [0.05, 0.1) is 38.6 Å². The number of carbonyl (C=O) groups is 1. The summed E-state index contributed by atoms with van der Waals surface area (Å²) in [4.78, 5) is 13.2. The first-order valence-electron chi connectivity index (χ1n) is 30.6. The molecule has 1 amide bonds. The smallest absolute Gasteiger partial charge is 0.220 e. The first-order valence-corrected chi connectivity index (χ1v) is 30.6. The van der Waals surface area contributed by atoms with Gasteiger partial charge in [0, 0.05) is 6.42 Å². The highest BCUT2D eigenvalue weighted by molar-refractivity contribution is 5.76. The molecule has 0 aliphatic carbocycles. The molecule has 85 heavy (non-hydrogen) atoms. The molecule has 0 radical (unpaired) electrons. The SMILES string of the molecule is CC/C=C\C/C=C\C/C=C\C/C=C\C/C=C\C/C=C\C/C=C\C/C=C\C/C=C\C/C=C\CCCCC(=O)NC(COC1OC(CO)C(OC2OC(CO)C(OC3OC(CO)C(O)C(O)C3O)C(O)C2O)C(O)C1O)C(O)/C=C/CC/C=C/CCC. The van der Waals surface area contributed by atoms with Crippen LogP contribution in [0.5, 0.6) is 0 Å². The van der Waals surface area contributed by atoms with Crippen LogP contribution in [0.4, 0.5) is 0 Å². The van der Waals surface area contributed by atoms with Gasteiger partial charge < -0.3 is 89.9 Å². The van der Waals surface area contributed by atoms with Crippen molar-refractivity contribution in [3.63, 3.8) is 0 Å². The van der Waals surface area contributed by atoms with Gasteiger partial charge in [0.1, 0.15) is 73.2 Å². The number of allylic oxidation sites excluding steroid dienone is 23. The minimum absolute atomic E-state index is 0.168. The van der Waals surface area contributed by atoms with E-state index >= 15 is 0 Å². The molecule has 19 heteroatoms. The van der Waals surface area contributed by atoms with Gasteiger partial charge >= 0.3 is 0 Å². The predicted molar refractivity (Wildman–Crippen MR) is 327 cm³/mol. The van der Waals surface area contributed by atoms with Crippen molar-refractivity contribution in [1.82, 2.24) is 5.32 Å². The molecule has 19 nitrogen and oxygen atoms in total. The molecule has 3 fully saturated rings. The van der Waals surface area contributed by atoms with E-state index in [1.54, 1.807) is 12.2 Å². The van der Waals surface area contributed by atoms with Gasteiger partial charge in [0.25, 0.3) is 0 Å². The zero-order chi connectivity index (χ0) is 61.9. The number of nitrogens with one attached hydrogen (secondary N) is 1. The Balaban J connectivity index is 1.39. The molecule has 12 N–H and O–H groups in total. The van der Waals surface area contributed by atoms with Crippen LogP contribution >= 0.6 is 0 Å². The maximum absolute atomic E-state index is 13.2. The Kier molecular flexibility index (Phi) is 41.2. The van der Waals surface area contributed by atoms with E-state index < -0.39 is 131 Å². The van der Waals surface area contributed by atoms with Gasteiger partial charge in [-0.05, 0) is 103 Å². The number of aliphatic hydroxyl groups excluding tert-OH is 11. The molecular formula is C66H103NO18. The fourth-order valence-electron chi connectivity index (χ4n) is 9.12. The summed E-state index contributed by atoms with van der Waals surface area (Å²) in [7, 11) is 0. The van der Waals surface area contributed by atoms with E-state index in [1.165, 1.54) is 0 Å². The van der Waals surface area contributed by atoms with Crippen LogP contribution in [0, 0.1) is 0 Å². The summed E-state index contributed by atoms with van der Waals surface area (Å²) < 4.78 is 34.0. The van der Waals surface area contributed by atoms with Gasteiger partial charge in [0.2, 0.25) is 5.91 Å². The van der Waals surface area contributed by atoms with Crippen molar-refractivity contribution >= 4 is 5.91 Å². The highest BCUT2D eigenvalue weighted by Crippen LogP contribution is 2.33. The summed E-state index contributed by atoms with van der Waals surface area (Å²) in [6.07, 6.45) is 39.0. The number of rotatable bonds is 42. The Morgan fingerprint density at radius 2 is 0.812 bits per heavy atom. The quantitative estimate of drug-likeness (QED) is 0.0245. The lowest BCUT2D eigenvalue weighted by atomic mass is 9.96. The van der Waals surface area contributed by atoms with Crippen LogP contribution in [0.2, 0.25) is 0 Å². The second kappa shape index (κ2) is 46.8. The van der Waals surface area contributed by atoms with Crippen molar-refractivity contribution in [2.75, 3.05) is 26.4 Å². The minimum atomic E-state index is -1.99. The fourth-order valence-corrected chi connectivity index (χ4v) is 9.12. The third-order valence-corrected chi connectivity index (χ3v) is 14.1. The van der Waals surface area contributed by atoms with Crippen LogP contribution in [0.25, 0.3) is 0 Å². The van der Waals surface area contributed by atoms with E-state index in [4.69, 9.17) is 28.4 Å². The average Bonchev–Trinajstić information content (AvgIpc) is 3.70. The molecule has 3 heterocycles. The first kappa shape index (κ1) is 74.9. The summed E-state index contributed by atoms with van der Waals surface area (Å²) in [5, 5.41) is 120. The maximum Gasteiger partial charge on any atom is 0.220 e. The van der Waals surface area contributed by atoms with Crippen molar-refractivity contribution in [2.45, 2.75) is 234 Å². The normalized spacial score (nSPS) is 30.0. The molecular weight excluding hydrogens is 1090 g/mol. The molecule has 3 rings (SSSR count). The van der Waals surface area contributed by atoms with Crippen molar-refractivity contribution < 1.29 is 89.4 Å². The zero-order valence-electron chi connectivity index (χ0n) is 50.0. The number of unbranched alkanes of at least 4 members (excludes halogenated alkanes) is 4. The van der Waals surface area contributed by atoms with Crippen molar-refractivity contribution in [1.29, 1.82) is 0 Å². The van der Waals surface area contributed by atoms with Crippen LogP contribution in [0.3, 0.4) is 0 Å². The van der Waals surface area contributed by atoms with Crippen LogP contribution in [0.15, 0.2) is 146 Å². The topological polar surface area (TPSA) is 307 Å². The van der Waals surface area contributed by atoms with E-state index in [1.807, 2.05) is 0 Å². The fraction of sp³-hybridized carbons (Fsp3) is 0.621. The number of carbonyl (C=O) groups excluding carboxylic acids is 1. The highest BCUT2D eigenvalue weighted by atomic mass is 16.8. The molecule has 0 aromatic rings. The summed E-state index contributed by atoms with van der Waals surface area (Å²) in [6.45, 7) is 1.38. The Morgan fingerprint density at radius 1 is 0.435 bits per heavy atom. The number of hydrogen-bond acceptors (Lipinski definition) is 18. The monoisotopic (exact) mass is 1200 g/mol. The van der Waals surface area contributed by atoms with Gasteiger partial charge in [-0.1, -0.05) is 166 Å². The third kappa shape index (κ3) is 30.0. The second-order valence-corrected chi connectivity index (χ2v) is 21.1. The van der Waals surface area contributed by atoms with Crippen LogP contribution < -0.4 is 5.32 Å². The highest BCUT2D eigenvalue weighted by Gasteiger charge is 2.53. The summed E-state index contributed by atoms with van der Waals surface area (Å²) in [5.74, 6) is -0.342. The minimum Gasteiger partial charge on any atom is -0.394 e. The maximum atomic E-state index is 13.2. The number of ether oxygens (including phenoxy) is 6. The molecule has 17 unspecified atom stereocenters. The molecule has 0 bridgehead atoms. The summed E-state index contributed by atoms with van der Waals surface area (Å²) in [5.41, 5.74) is 0.